The topological polar surface area (TPSA) is 231 Å². The lowest BCUT2D eigenvalue weighted by atomic mass is 10.0. The summed E-state index contributed by atoms with van der Waals surface area (Å²) in [5.41, 5.74) is 19.2. The Bertz CT molecular complexity index is 1430. The van der Waals surface area contributed by atoms with Crippen molar-refractivity contribution in [3.63, 3.8) is 0 Å². The molecule has 0 bridgehead atoms. The number of hydrogen-bond donors (Lipinski definition) is 9. The van der Waals surface area contributed by atoms with Gasteiger partial charge in [-0.25, -0.2) is 4.79 Å². The molecule has 3 amide bonds. The molecule has 3 rings (SSSR count). The molecule has 0 saturated carbocycles. The average molecular weight is 611 g/mol. The van der Waals surface area contributed by atoms with Gasteiger partial charge in [0.2, 0.25) is 17.7 Å². The van der Waals surface area contributed by atoms with Crippen LogP contribution in [0.25, 0.3) is 10.9 Å². The van der Waals surface area contributed by atoms with Gasteiger partial charge in [0.05, 0.1) is 6.04 Å². The number of amides is 3. The minimum absolute atomic E-state index is 0.00831. The molecule has 1 aromatic heterocycles. The van der Waals surface area contributed by atoms with Gasteiger partial charge in [-0.15, -0.1) is 0 Å². The molecule has 0 aliphatic heterocycles. The van der Waals surface area contributed by atoms with E-state index in [-0.39, 0.29) is 37.5 Å². The number of carboxylic acid groups (broad SMARTS) is 1. The zero-order valence-corrected chi connectivity index (χ0v) is 24.4. The number of carbonyl (C=O) groups excluding carboxylic acids is 3. The van der Waals surface area contributed by atoms with Gasteiger partial charge in [0.15, 0.2) is 5.96 Å². The first kappa shape index (κ1) is 32.9. The predicted molar refractivity (Wildman–Crippen MR) is 167 cm³/mol. The molecule has 2 aromatic carbocycles. The van der Waals surface area contributed by atoms with E-state index < -0.39 is 47.9 Å². The SMILES string of the molecule is NC(N)=NCCCC(NC(=O)C(CS)NC(=O)C(N)Cc1ccccc1)C(=O)NC(Cc1c[nH]c2ccccc12)C(=O)O. The molecule has 11 N–H and O–H groups in total. The number of nitrogens with zero attached hydrogens (tertiary/aromatic N) is 1. The van der Waals surface area contributed by atoms with Crippen LogP contribution in [0.5, 0.6) is 0 Å². The summed E-state index contributed by atoms with van der Waals surface area (Å²) in [6.45, 7) is 0.181. The number of guanidine groups is 1. The minimum Gasteiger partial charge on any atom is -0.480 e. The van der Waals surface area contributed by atoms with Crippen LogP contribution >= 0.6 is 12.6 Å². The lowest BCUT2D eigenvalue weighted by molar-refractivity contribution is -0.142. The highest BCUT2D eigenvalue weighted by Crippen LogP contribution is 2.19. The second-order valence-corrected chi connectivity index (χ2v) is 10.4. The highest BCUT2D eigenvalue weighted by molar-refractivity contribution is 7.80. The van der Waals surface area contributed by atoms with Crippen molar-refractivity contribution < 1.29 is 24.3 Å². The molecule has 230 valence electrons. The number of para-hydroxylation sites is 1. The van der Waals surface area contributed by atoms with Crippen LogP contribution in [0.4, 0.5) is 0 Å². The Morgan fingerprint density at radius 2 is 1.49 bits per heavy atom. The lowest BCUT2D eigenvalue weighted by Crippen LogP contribution is -2.58. The molecule has 0 aliphatic carbocycles. The van der Waals surface area contributed by atoms with Crippen molar-refractivity contribution in [3.05, 3.63) is 71.9 Å². The van der Waals surface area contributed by atoms with Gasteiger partial charge in [-0.1, -0.05) is 48.5 Å². The van der Waals surface area contributed by atoms with Gasteiger partial charge in [0, 0.05) is 35.8 Å². The number of H-pyrrole nitrogens is 1. The predicted octanol–water partition coefficient (Wildman–Crippen LogP) is -0.197. The van der Waals surface area contributed by atoms with E-state index in [9.17, 15) is 24.3 Å². The van der Waals surface area contributed by atoms with Crippen molar-refractivity contribution in [2.75, 3.05) is 12.3 Å². The van der Waals surface area contributed by atoms with E-state index >= 15 is 0 Å². The number of carboxylic acids is 1. The molecular weight excluding hydrogens is 572 g/mol. The maximum absolute atomic E-state index is 13.3. The van der Waals surface area contributed by atoms with E-state index in [1.165, 1.54) is 0 Å². The fraction of sp³-hybridized carbons (Fsp3) is 0.345. The molecule has 4 unspecified atom stereocenters. The van der Waals surface area contributed by atoms with Crippen LogP contribution in [0.1, 0.15) is 24.0 Å². The van der Waals surface area contributed by atoms with Crippen LogP contribution in [0, 0.1) is 0 Å². The lowest BCUT2D eigenvalue weighted by Gasteiger charge is -2.24. The van der Waals surface area contributed by atoms with E-state index in [0.29, 0.717) is 12.0 Å². The molecule has 0 aliphatic rings. The van der Waals surface area contributed by atoms with Crippen LogP contribution < -0.4 is 33.2 Å². The van der Waals surface area contributed by atoms with Crippen LogP contribution in [0.3, 0.4) is 0 Å². The standard InChI is InChI=1S/C29H38N8O5S/c30-20(13-17-7-2-1-3-8-17)25(38)37-24(16-43)27(40)35-22(11-6-12-33-29(31)32)26(39)36-23(28(41)42)14-18-15-34-21-10-5-4-9-19(18)21/h1-5,7-10,15,20,22-24,34,43H,6,11-14,16,30H2,(H,35,40)(H,36,39)(H,37,38)(H,41,42)(H4,31,32,33). The largest absolute Gasteiger partial charge is 0.480 e. The monoisotopic (exact) mass is 610 g/mol. The fourth-order valence-electron chi connectivity index (χ4n) is 4.47. The Morgan fingerprint density at radius 1 is 0.860 bits per heavy atom. The summed E-state index contributed by atoms with van der Waals surface area (Å²) >= 11 is 4.20. The molecule has 1 heterocycles. The van der Waals surface area contributed by atoms with Gasteiger partial charge >= 0.3 is 5.97 Å². The minimum atomic E-state index is -1.28. The molecule has 13 nitrogen and oxygen atoms in total. The van der Waals surface area contributed by atoms with Crippen molar-refractivity contribution >= 4 is 53.2 Å². The third-order valence-electron chi connectivity index (χ3n) is 6.74. The number of aromatic amines is 1. The Balaban J connectivity index is 1.69. The Labute approximate surface area is 254 Å². The zero-order valence-electron chi connectivity index (χ0n) is 23.5. The van der Waals surface area contributed by atoms with E-state index in [1.54, 1.807) is 6.20 Å². The van der Waals surface area contributed by atoms with Crippen LogP contribution in [0.15, 0.2) is 65.8 Å². The molecule has 0 radical (unpaired) electrons. The molecule has 4 atom stereocenters. The summed E-state index contributed by atoms with van der Waals surface area (Å²) in [7, 11) is 0. The van der Waals surface area contributed by atoms with Crippen molar-refractivity contribution in [2.45, 2.75) is 49.9 Å². The van der Waals surface area contributed by atoms with Crippen molar-refractivity contribution in [1.82, 2.24) is 20.9 Å². The smallest absolute Gasteiger partial charge is 0.326 e. The number of aromatic nitrogens is 1. The molecule has 14 heteroatoms. The Morgan fingerprint density at radius 3 is 2.16 bits per heavy atom. The maximum Gasteiger partial charge on any atom is 0.326 e. The van der Waals surface area contributed by atoms with Gasteiger partial charge in [-0.2, -0.15) is 12.6 Å². The summed E-state index contributed by atoms with van der Waals surface area (Å²) in [6, 6.07) is 12.1. The number of thiol groups is 1. The van der Waals surface area contributed by atoms with Crippen molar-refractivity contribution in [2.24, 2.45) is 22.2 Å². The number of nitrogens with one attached hydrogen (secondary N) is 4. The normalized spacial score (nSPS) is 13.7. The van der Waals surface area contributed by atoms with Gasteiger partial charge in [0.1, 0.15) is 18.1 Å². The van der Waals surface area contributed by atoms with Crippen LogP contribution in [0.2, 0.25) is 0 Å². The van der Waals surface area contributed by atoms with E-state index in [1.807, 2.05) is 54.6 Å². The first-order chi connectivity index (χ1) is 20.6. The number of carbonyl (C=O) groups is 4. The van der Waals surface area contributed by atoms with Crippen molar-refractivity contribution in [3.8, 4) is 0 Å². The summed E-state index contributed by atoms with van der Waals surface area (Å²) < 4.78 is 0. The molecular formula is C29H38N8O5S. The highest BCUT2D eigenvalue weighted by Gasteiger charge is 2.30. The Hall–Kier alpha value is -4.56. The number of rotatable bonds is 16. The van der Waals surface area contributed by atoms with Crippen LogP contribution in [-0.4, -0.2) is 76.2 Å². The maximum atomic E-state index is 13.3. The third kappa shape index (κ3) is 10.0. The van der Waals surface area contributed by atoms with Gasteiger partial charge in [-0.3, -0.25) is 19.4 Å². The number of benzene rings is 2. The second-order valence-electron chi connectivity index (χ2n) is 10.0. The van der Waals surface area contributed by atoms with Gasteiger partial charge in [0.25, 0.3) is 0 Å². The number of fused-ring (bicyclic) bond motifs is 1. The summed E-state index contributed by atoms with van der Waals surface area (Å²) in [4.78, 5) is 58.4. The summed E-state index contributed by atoms with van der Waals surface area (Å²) in [5.74, 6) is -3.39. The first-order valence-electron chi connectivity index (χ1n) is 13.7. The average Bonchev–Trinajstić information content (AvgIpc) is 3.39. The number of nitrogens with two attached hydrogens (primary N) is 3. The Kier molecular flexibility index (Phi) is 12.4. The molecule has 0 spiro atoms. The molecule has 43 heavy (non-hydrogen) atoms. The third-order valence-corrected chi connectivity index (χ3v) is 7.11. The molecule has 0 saturated heterocycles. The number of hydrogen-bond acceptors (Lipinski definition) is 7. The van der Waals surface area contributed by atoms with Crippen molar-refractivity contribution in [1.29, 1.82) is 0 Å². The molecule has 3 aromatic rings. The fourth-order valence-corrected chi connectivity index (χ4v) is 4.73. The van der Waals surface area contributed by atoms with Gasteiger partial charge < -0.3 is 43.2 Å². The number of aliphatic imine (C=N–C) groups is 1. The van der Waals surface area contributed by atoms with E-state index in [0.717, 1.165) is 16.5 Å². The van der Waals surface area contributed by atoms with Gasteiger partial charge in [-0.05, 0) is 36.5 Å². The summed E-state index contributed by atoms with van der Waals surface area (Å²) in [5, 5.41) is 18.5. The molecule has 0 fully saturated rings. The van der Waals surface area contributed by atoms with E-state index in [4.69, 9.17) is 17.2 Å². The first-order valence-corrected chi connectivity index (χ1v) is 14.4. The van der Waals surface area contributed by atoms with E-state index in [2.05, 4.69) is 38.6 Å². The number of aliphatic carboxylic acids is 1. The quantitative estimate of drug-likeness (QED) is 0.0455. The second kappa shape index (κ2) is 16.2. The highest BCUT2D eigenvalue weighted by atomic mass is 32.1. The van der Waals surface area contributed by atoms with Crippen LogP contribution in [-0.2, 0) is 32.0 Å². The summed E-state index contributed by atoms with van der Waals surface area (Å²) in [6.07, 6.45) is 2.36. The zero-order chi connectivity index (χ0) is 31.4.